The second-order valence-electron chi connectivity index (χ2n) is 5.84. The summed E-state index contributed by atoms with van der Waals surface area (Å²) in [5.41, 5.74) is 0.783. The zero-order valence-electron chi connectivity index (χ0n) is 12.3. The van der Waals surface area contributed by atoms with Gasteiger partial charge in [0.15, 0.2) is 9.84 Å². The van der Waals surface area contributed by atoms with Crippen molar-refractivity contribution < 1.29 is 8.42 Å². The Morgan fingerprint density at radius 2 is 2.10 bits per heavy atom. The monoisotopic (exact) mass is 305 g/mol. The number of benzene rings is 1. The molecule has 1 saturated heterocycles. The first-order chi connectivity index (χ1) is 9.95. The van der Waals surface area contributed by atoms with E-state index in [1.165, 1.54) is 12.7 Å². The minimum absolute atomic E-state index is 0.316. The van der Waals surface area contributed by atoms with E-state index in [0.29, 0.717) is 10.8 Å². The Hall–Kier alpha value is -1.69. The van der Waals surface area contributed by atoms with Gasteiger partial charge in [-0.1, -0.05) is 6.92 Å². The molecule has 0 bridgehead atoms. The summed E-state index contributed by atoms with van der Waals surface area (Å²) in [5, 5.41) is 0.814. The van der Waals surface area contributed by atoms with Gasteiger partial charge in [0, 0.05) is 24.7 Å². The van der Waals surface area contributed by atoms with Crippen LogP contribution in [0.2, 0.25) is 0 Å². The van der Waals surface area contributed by atoms with Gasteiger partial charge in [0.2, 0.25) is 0 Å². The van der Waals surface area contributed by atoms with Crippen LogP contribution in [0.15, 0.2) is 29.4 Å². The highest BCUT2D eigenvalue weighted by Gasteiger charge is 2.20. The summed E-state index contributed by atoms with van der Waals surface area (Å²) in [6.45, 7) is 4.15. The Balaban J connectivity index is 2.13. The topological polar surface area (TPSA) is 63.2 Å². The van der Waals surface area contributed by atoms with E-state index in [1.54, 1.807) is 24.5 Å². The quantitative estimate of drug-likeness (QED) is 0.851. The zero-order chi connectivity index (χ0) is 15.0. The normalized spacial score (nSPS) is 19.9. The molecule has 1 aliphatic rings. The molecule has 112 valence electrons. The summed E-state index contributed by atoms with van der Waals surface area (Å²) < 4.78 is 23.5. The average Bonchev–Trinajstić information content (AvgIpc) is 2.45. The maximum absolute atomic E-state index is 11.8. The lowest BCUT2D eigenvalue weighted by Gasteiger charge is -2.32. The fourth-order valence-electron chi connectivity index (χ4n) is 2.89. The lowest BCUT2D eigenvalue weighted by molar-refractivity contribution is 0.445. The summed E-state index contributed by atoms with van der Waals surface area (Å²) in [5.74, 6) is 1.47. The van der Waals surface area contributed by atoms with Crippen LogP contribution < -0.4 is 4.90 Å². The van der Waals surface area contributed by atoms with Crippen LogP contribution in [0.25, 0.3) is 10.9 Å². The third kappa shape index (κ3) is 2.85. The highest BCUT2D eigenvalue weighted by molar-refractivity contribution is 7.90. The third-order valence-corrected chi connectivity index (χ3v) is 5.08. The molecule has 2 aromatic rings. The van der Waals surface area contributed by atoms with E-state index in [4.69, 9.17) is 0 Å². The van der Waals surface area contributed by atoms with E-state index in [9.17, 15) is 8.42 Å². The van der Waals surface area contributed by atoms with Crippen LogP contribution in [0.4, 0.5) is 5.82 Å². The van der Waals surface area contributed by atoms with Gasteiger partial charge in [0.1, 0.15) is 12.1 Å². The number of hydrogen-bond donors (Lipinski definition) is 0. The minimum atomic E-state index is -3.23. The number of anilines is 1. The van der Waals surface area contributed by atoms with E-state index in [2.05, 4.69) is 21.8 Å². The molecule has 1 aliphatic heterocycles. The first-order valence-corrected chi connectivity index (χ1v) is 9.04. The molecular weight excluding hydrogens is 286 g/mol. The van der Waals surface area contributed by atoms with Gasteiger partial charge in [-0.3, -0.25) is 0 Å². The first kappa shape index (κ1) is 14.3. The molecule has 0 amide bonds. The highest BCUT2D eigenvalue weighted by Crippen LogP contribution is 2.28. The number of aromatic nitrogens is 2. The molecule has 0 saturated carbocycles. The zero-order valence-corrected chi connectivity index (χ0v) is 13.1. The van der Waals surface area contributed by atoms with Crippen LogP contribution in [0.1, 0.15) is 19.8 Å². The predicted octanol–water partition coefficient (Wildman–Crippen LogP) is 2.27. The second-order valence-corrected chi connectivity index (χ2v) is 7.86. The van der Waals surface area contributed by atoms with Crippen molar-refractivity contribution in [1.82, 2.24) is 9.97 Å². The van der Waals surface area contributed by atoms with Crippen molar-refractivity contribution in [2.24, 2.45) is 5.92 Å². The molecule has 0 N–H and O–H groups in total. The maximum Gasteiger partial charge on any atom is 0.175 e. The fraction of sp³-hybridized carbons (Fsp3) is 0.467. The van der Waals surface area contributed by atoms with Gasteiger partial charge < -0.3 is 4.90 Å². The van der Waals surface area contributed by atoms with Gasteiger partial charge in [-0.25, -0.2) is 18.4 Å². The summed E-state index contributed by atoms with van der Waals surface area (Å²) in [6.07, 6.45) is 5.14. The van der Waals surface area contributed by atoms with Crippen molar-refractivity contribution in [1.29, 1.82) is 0 Å². The van der Waals surface area contributed by atoms with Gasteiger partial charge >= 0.3 is 0 Å². The van der Waals surface area contributed by atoms with Crippen molar-refractivity contribution in [2.75, 3.05) is 24.2 Å². The van der Waals surface area contributed by atoms with Gasteiger partial charge in [-0.2, -0.15) is 0 Å². The predicted molar refractivity (Wildman–Crippen MR) is 83.3 cm³/mol. The molecule has 0 aliphatic carbocycles. The number of rotatable bonds is 2. The van der Waals surface area contributed by atoms with E-state index >= 15 is 0 Å². The Morgan fingerprint density at radius 1 is 1.29 bits per heavy atom. The summed E-state index contributed by atoms with van der Waals surface area (Å²) in [4.78, 5) is 11.2. The van der Waals surface area contributed by atoms with Crippen LogP contribution in [0.5, 0.6) is 0 Å². The fourth-order valence-corrected chi connectivity index (χ4v) is 3.53. The van der Waals surface area contributed by atoms with E-state index < -0.39 is 9.84 Å². The number of piperidine rings is 1. The van der Waals surface area contributed by atoms with Crippen LogP contribution >= 0.6 is 0 Å². The smallest absolute Gasteiger partial charge is 0.175 e. The molecule has 0 radical (unpaired) electrons. The molecular formula is C15H19N3O2S. The molecule has 6 heteroatoms. The molecule has 21 heavy (non-hydrogen) atoms. The molecule has 0 spiro atoms. The molecule has 2 heterocycles. The van der Waals surface area contributed by atoms with Crippen LogP contribution in [0.3, 0.4) is 0 Å². The minimum Gasteiger partial charge on any atom is -0.356 e. The molecule has 1 unspecified atom stereocenters. The Bertz CT molecular complexity index is 774. The van der Waals surface area contributed by atoms with E-state index in [-0.39, 0.29) is 0 Å². The second kappa shape index (κ2) is 5.26. The number of sulfone groups is 1. The molecule has 1 atom stereocenters. The number of nitrogens with zero attached hydrogens (tertiary/aromatic N) is 3. The molecule has 1 fully saturated rings. The lowest BCUT2D eigenvalue weighted by atomic mass is 10.00. The van der Waals surface area contributed by atoms with Crippen molar-refractivity contribution in [3.05, 3.63) is 24.5 Å². The lowest BCUT2D eigenvalue weighted by Crippen LogP contribution is -2.35. The van der Waals surface area contributed by atoms with E-state index in [0.717, 1.165) is 36.2 Å². The first-order valence-electron chi connectivity index (χ1n) is 7.15. The van der Waals surface area contributed by atoms with Gasteiger partial charge in [0.25, 0.3) is 0 Å². The Labute approximate surface area is 124 Å². The summed E-state index contributed by atoms with van der Waals surface area (Å²) in [6, 6.07) is 5.05. The van der Waals surface area contributed by atoms with E-state index in [1.807, 2.05) is 0 Å². The van der Waals surface area contributed by atoms with Crippen LogP contribution in [-0.4, -0.2) is 37.7 Å². The standard InChI is InChI=1S/C15H19N3O2S/c1-11-4-3-7-18(9-11)15-13-8-12(21(2,19)20)5-6-14(13)16-10-17-15/h5-6,8,10-11H,3-4,7,9H2,1-2H3. The van der Waals surface area contributed by atoms with Crippen molar-refractivity contribution in [3.63, 3.8) is 0 Å². The largest absolute Gasteiger partial charge is 0.356 e. The van der Waals surface area contributed by atoms with Crippen molar-refractivity contribution in [2.45, 2.75) is 24.7 Å². The third-order valence-electron chi connectivity index (χ3n) is 3.97. The summed E-state index contributed by atoms with van der Waals surface area (Å²) in [7, 11) is -3.23. The Morgan fingerprint density at radius 3 is 2.81 bits per heavy atom. The van der Waals surface area contributed by atoms with Gasteiger partial charge in [-0.15, -0.1) is 0 Å². The van der Waals surface area contributed by atoms with Crippen molar-refractivity contribution >= 4 is 26.6 Å². The van der Waals surface area contributed by atoms with Crippen LogP contribution in [-0.2, 0) is 9.84 Å². The van der Waals surface area contributed by atoms with Crippen molar-refractivity contribution in [3.8, 4) is 0 Å². The highest BCUT2D eigenvalue weighted by atomic mass is 32.2. The van der Waals surface area contributed by atoms with Gasteiger partial charge in [0.05, 0.1) is 10.4 Å². The SMILES string of the molecule is CC1CCCN(c2ncnc3ccc(S(C)(=O)=O)cc23)C1. The molecule has 5 nitrogen and oxygen atoms in total. The Kier molecular flexibility index (Phi) is 3.57. The maximum atomic E-state index is 11.8. The number of fused-ring (bicyclic) bond motifs is 1. The van der Waals surface area contributed by atoms with Crippen LogP contribution in [0, 0.1) is 5.92 Å². The van der Waals surface area contributed by atoms with Gasteiger partial charge in [-0.05, 0) is 37.0 Å². The number of hydrogen-bond acceptors (Lipinski definition) is 5. The molecule has 1 aromatic carbocycles. The summed E-state index contributed by atoms with van der Waals surface area (Å²) >= 11 is 0. The molecule has 3 rings (SSSR count). The molecule has 1 aromatic heterocycles. The average molecular weight is 305 g/mol.